The van der Waals surface area contributed by atoms with Crippen molar-refractivity contribution in [2.45, 2.75) is 19.5 Å². The Morgan fingerprint density at radius 1 is 1.32 bits per heavy atom. The predicted octanol–water partition coefficient (Wildman–Crippen LogP) is 2.09. The third-order valence-corrected chi connectivity index (χ3v) is 2.24. The molecule has 0 spiro atoms. The van der Waals surface area contributed by atoms with Gasteiger partial charge in [0.05, 0.1) is 12.7 Å². The van der Waals surface area contributed by atoms with Crippen molar-refractivity contribution in [1.82, 2.24) is 0 Å². The van der Waals surface area contributed by atoms with Crippen LogP contribution < -0.4 is 4.74 Å². The molecule has 0 aromatic heterocycles. The molecule has 0 fully saturated rings. The Balaban J connectivity index is 3.01. The van der Waals surface area contributed by atoms with Gasteiger partial charge in [-0.1, -0.05) is 0 Å². The molecule has 0 amide bonds. The Labute approximate surface area is 107 Å². The monoisotopic (exact) mass is 274 g/mol. The van der Waals surface area contributed by atoms with Crippen LogP contribution in [0.1, 0.15) is 22.3 Å². The van der Waals surface area contributed by atoms with Gasteiger partial charge < -0.3 is 14.6 Å². The Bertz CT molecular complexity index is 473. The molecule has 0 radical (unpaired) electrons. The van der Waals surface area contributed by atoms with E-state index in [0.29, 0.717) is 5.56 Å². The summed E-state index contributed by atoms with van der Waals surface area (Å²) in [5, 5.41) is 8.57. The van der Waals surface area contributed by atoms with Gasteiger partial charge in [0.2, 0.25) is 0 Å². The summed E-state index contributed by atoms with van der Waals surface area (Å²) in [5.41, 5.74) is 0.432. The summed E-state index contributed by atoms with van der Waals surface area (Å²) in [7, 11) is 1.15. The van der Waals surface area contributed by atoms with Crippen molar-refractivity contribution in [2.24, 2.45) is 0 Å². The van der Waals surface area contributed by atoms with E-state index in [1.54, 1.807) is 0 Å². The molecule has 104 valence electrons. The fraction of sp³-hybridized carbons (Fsp3) is 0.333. The van der Waals surface area contributed by atoms with Gasteiger partial charge in [-0.2, -0.15) is 8.78 Å². The summed E-state index contributed by atoms with van der Waals surface area (Å²) < 4.78 is 33.0. The number of rotatable bonds is 6. The number of hydrogen-bond donors (Lipinski definition) is 1. The van der Waals surface area contributed by atoms with Crippen LogP contribution in [0.5, 0.6) is 5.75 Å². The van der Waals surface area contributed by atoms with Gasteiger partial charge in [0, 0.05) is 6.42 Å². The van der Waals surface area contributed by atoms with Crippen LogP contribution in [-0.2, 0) is 16.0 Å². The quantitative estimate of drug-likeness (QED) is 0.804. The number of esters is 1. The zero-order valence-corrected chi connectivity index (χ0v) is 10.1. The van der Waals surface area contributed by atoms with Gasteiger partial charge in [0.15, 0.2) is 0 Å². The lowest BCUT2D eigenvalue weighted by atomic mass is 10.1. The van der Waals surface area contributed by atoms with Gasteiger partial charge in [-0.3, -0.25) is 4.79 Å². The topological polar surface area (TPSA) is 72.8 Å². The van der Waals surface area contributed by atoms with E-state index in [-0.39, 0.29) is 24.2 Å². The molecule has 1 aromatic carbocycles. The molecule has 0 unspecified atom stereocenters. The van der Waals surface area contributed by atoms with Gasteiger partial charge in [0.1, 0.15) is 5.75 Å². The summed E-state index contributed by atoms with van der Waals surface area (Å²) >= 11 is 0. The standard InChI is InChI=1S/C12H12F2O5/c1-18-11(17)8-4-7(2-3-10(15)16)5-9(6-8)19-12(13)14/h4-6,12H,2-3H2,1H3,(H,15,16). The van der Waals surface area contributed by atoms with Crippen LogP contribution in [-0.4, -0.2) is 30.8 Å². The summed E-state index contributed by atoms with van der Waals surface area (Å²) in [5.74, 6) is -1.95. The number of carboxylic acid groups (broad SMARTS) is 1. The zero-order chi connectivity index (χ0) is 14.4. The maximum atomic E-state index is 12.1. The Hall–Kier alpha value is -2.18. The van der Waals surface area contributed by atoms with E-state index in [4.69, 9.17) is 5.11 Å². The van der Waals surface area contributed by atoms with Crippen molar-refractivity contribution in [3.05, 3.63) is 29.3 Å². The number of halogens is 2. The van der Waals surface area contributed by atoms with E-state index in [2.05, 4.69) is 9.47 Å². The van der Waals surface area contributed by atoms with E-state index in [9.17, 15) is 18.4 Å². The number of methoxy groups -OCH3 is 1. The van der Waals surface area contributed by atoms with Crippen LogP contribution in [0.2, 0.25) is 0 Å². The normalized spacial score (nSPS) is 10.3. The number of aryl methyl sites for hydroxylation is 1. The van der Waals surface area contributed by atoms with Crippen molar-refractivity contribution in [3.8, 4) is 5.75 Å². The molecule has 0 saturated heterocycles. The van der Waals surface area contributed by atoms with Gasteiger partial charge in [-0.05, 0) is 30.2 Å². The Morgan fingerprint density at radius 2 is 2.00 bits per heavy atom. The van der Waals surface area contributed by atoms with E-state index >= 15 is 0 Å². The first-order valence-corrected chi connectivity index (χ1v) is 5.31. The van der Waals surface area contributed by atoms with Gasteiger partial charge in [0.25, 0.3) is 0 Å². The molecule has 5 nitrogen and oxygen atoms in total. The minimum atomic E-state index is -3.03. The largest absolute Gasteiger partial charge is 0.481 e. The first-order chi connectivity index (χ1) is 8.92. The minimum Gasteiger partial charge on any atom is -0.481 e. The fourth-order valence-electron chi connectivity index (χ4n) is 1.46. The van der Waals surface area contributed by atoms with E-state index < -0.39 is 18.6 Å². The molecular weight excluding hydrogens is 262 g/mol. The number of aliphatic carboxylic acids is 1. The SMILES string of the molecule is COC(=O)c1cc(CCC(=O)O)cc(OC(F)F)c1. The molecule has 0 saturated carbocycles. The van der Waals surface area contributed by atoms with E-state index in [0.717, 1.165) is 13.2 Å². The maximum absolute atomic E-state index is 12.1. The molecule has 1 N–H and O–H groups in total. The van der Waals surface area contributed by atoms with Crippen molar-refractivity contribution in [3.63, 3.8) is 0 Å². The molecule has 0 aliphatic carbocycles. The lowest BCUT2D eigenvalue weighted by Gasteiger charge is -2.09. The summed E-state index contributed by atoms with van der Waals surface area (Å²) in [4.78, 5) is 21.8. The molecule has 0 aliphatic rings. The van der Waals surface area contributed by atoms with Gasteiger partial charge in [-0.25, -0.2) is 4.79 Å². The molecular formula is C12H12F2O5. The summed E-state index contributed by atoms with van der Waals surface area (Å²) in [6.45, 7) is -3.03. The van der Waals surface area contributed by atoms with Crippen LogP contribution in [0.15, 0.2) is 18.2 Å². The molecule has 0 aliphatic heterocycles. The average molecular weight is 274 g/mol. The van der Waals surface area contributed by atoms with E-state index in [1.165, 1.54) is 12.1 Å². The fourth-order valence-corrected chi connectivity index (χ4v) is 1.46. The van der Waals surface area contributed by atoms with Crippen molar-refractivity contribution in [2.75, 3.05) is 7.11 Å². The number of benzene rings is 1. The number of carbonyl (C=O) groups excluding carboxylic acids is 1. The highest BCUT2D eigenvalue weighted by Crippen LogP contribution is 2.21. The molecule has 0 bridgehead atoms. The highest BCUT2D eigenvalue weighted by atomic mass is 19.3. The lowest BCUT2D eigenvalue weighted by molar-refractivity contribution is -0.136. The number of hydrogen-bond acceptors (Lipinski definition) is 4. The number of alkyl halides is 2. The molecule has 19 heavy (non-hydrogen) atoms. The van der Waals surface area contributed by atoms with Crippen molar-refractivity contribution in [1.29, 1.82) is 0 Å². The lowest BCUT2D eigenvalue weighted by Crippen LogP contribution is -2.07. The van der Waals surface area contributed by atoms with E-state index in [1.807, 2.05) is 0 Å². The maximum Gasteiger partial charge on any atom is 0.387 e. The highest BCUT2D eigenvalue weighted by molar-refractivity contribution is 5.90. The molecule has 1 aromatic rings. The average Bonchev–Trinajstić information content (AvgIpc) is 2.34. The first-order valence-electron chi connectivity index (χ1n) is 5.31. The third-order valence-electron chi connectivity index (χ3n) is 2.24. The van der Waals surface area contributed by atoms with Gasteiger partial charge >= 0.3 is 18.6 Å². The first kappa shape index (κ1) is 14.9. The molecule has 0 atom stereocenters. The van der Waals surface area contributed by atoms with Crippen LogP contribution in [0.3, 0.4) is 0 Å². The predicted molar refractivity (Wildman–Crippen MR) is 60.4 cm³/mol. The number of carboxylic acids is 1. The van der Waals surface area contributed by atoms with Crippen molar-refractivity contribution >= 4 is 11.9 Å². The number of carbonyl (C=O) groups is 2. The Kier molecular flexibility index (Phi) is 5.23. The highest BCUT2D eigenvalue weighted by Gasteiger charge is 2.13. The van der Waals surface area contributed by atoms with Crippen LogP contribution in [0, 0.1) is 0 Å². The second kappa shape index (κ2) is 6.67. The molecule has 0 heterocycles. The smallest absolute Gasteiger partial charge is 0.387 e. The van der Waals surface area contributed by atoms with Gasteiger partial charge in [-0.15, -0.1) is 0 Å². The second-order valence-electron chi connectivity index (χ2n) is 3.63. The number of ether oxygens (including phenoxy) is 2. The zero-order valence-electron chi connectivity index (χ0n) is 10.1. The Morgan fingerprint density at radius 3 is 2.53 bits per heavy atom. The van der Waals surface area contributed by atoms with Crippen molar-refractivity contribution < 1.29 is 33.0 Å². The third kappa shape index (κ3) is 4.90. The summed E-state index contributed by atoms with van der Waals surface area (Å²) in [6, 6.07) is 3.76. The molecule has 7 heteroatoms. The van der Waals surface area contributed by atoms with Crippen LogP contribution in [0.25, 0.3) is 0 Å². The summed E-state index contributed by atoms with van der Waals surface area (Å²) in [6.07, 6.45) is -0.0848. The van der Waals surface area contributed by atoms with Crippen LogP contribution >= 0.6 is 0 Å². The second-order valence-corrected chi connectivity index (χ2v) is 3.63. The molecule has 1 rings (SSSR count). The van der Waals surface area contributed by atoms with Crippen LogP contribution in [0.4, 0.5) is 8.78 Å². The minimum absolute atomic E-state index is 0.0287.